The van der Waals surface area contributed by atoms with Crippen LogP contribution >= 0.6 is 23.1 Å². The fourth-order valence-electron chi connectivity index (χ4n) is 3.86. The molecular weight excluding hydrogens is 468 g/mol. The van der Waals surface area contributed by atoms with Crippen LogP contribution < -0.4 is 15.4 Å². The van der Waals surface area contributed by atoms with E-state index in [-0.39, 0.29) is 5.25 Å². The highest BCUT2D eigenvalue weighted by Crippen LogP contribution is 2.45. The van der Waals surface area contributed by atoms with Crippen LogP contribution in [0.25, 0.3) is 0 Å². The molecule has 3 aromatic heterocycles. The molecule has 1 saturated heterocycles. The van der Waals surface area contributed by atoms with Crippen LogP contribution in [0.15, 0.2) is 57.3 Å². The summed E-state index contributed by atoms with van der Waals surface area (Å²) in [7, 11) is 0. The quantitative estimate of drug-likeness (QED) is 0.290. The van der Waals surface area contributed by atoms with Gasteiger partial charge in [0.1, 0.15) is 5.75 Å². The van der Waals surface area contributed by atoms with E-state index in [4.69, 9.17) is 14.1 Å². The maximum Gasteiger partial charge on any atom is 0.230 e. The van der Waals surface area contributed by atoms with Gasteiger partial charge in [-0.1, -0.05) is 18.2 Å². The van der Waals surface area contributed by atoms with Gasteiger partial charge in [-0.3, -0.25) is 0 Å². The standard InChI is InChI=1S/C24H26N6O2S2/c1-15-14-33-24(27-15)28-22-20(32-18-6-4-3-5-7-18)12-19(13-26-22)34-21(17-8-10-25-11-9-17)23-30-29-16(2)31-23/h3-7,12-14,17,21,25H,8-11H2,1-2H3,(H,26,27,28). The molecule has 8 nitrogen and oxygen atoms in total. The first-order valence-electron chi connectivity index (χ1n) is 11.2. The first-order chi connectivity index (χ1) is 16.6. The summed E-state index contributed by atoms with van der Waals surface area (Å²) in [4.78, 5) is 10.2. The summed E-state index contributed by atoms with van der Waals surface area (Å²) >= 11 is 3.23. The zero-order valence-electron chi connectivity index (χ0n) is 19.0. The van der Waals surface area contributed by atoms with Crippen molar-refractivity contribution < 1.29 is 9.15 Å². The molecule has 1 unspecified atom stereocenters. The maximum atomic E-state index is 6.24. The largest absolute Gasteiger partial charge is 0.453 e. The average Bonchev–Trinajstić information content (AvgIpc) is 3.48. The monoisotopic (exact) mass is 494 g/mol. The van der Waals surface area contributed by atoms with E-state index in [0.29, 0.717) is 29.3 Å². The van der Waals surface area contributed by atoms with Crippen molar-refractivity contribution in [2.45, 2.75) is 36.8 Å². The Kier molecular flexibility index (Phi) is 7.08. The summed E-state index contributed by atoms with van der Waals surface area (Å²) in [6, 6.07) is 11.7. The number of anilines is 2. The Labute approximate surface area is 206 Å². The van der Waals surface area contributed by atoms with Crippen molar-refractivity contribution in [1.82, 2.24) is 25.5 Å². The Bertz CT molecular complexity index is 1220. The lowest BCUT2D eigenvalue weighted by atomic mass is 9.94. The van der Waals surface area contributed by atoms with Gasteiger partial charge in [0.05, 0.1) is 10.9 Å². The minimum Gasteiger partial charge on any atom is -0.453 e. The molecule has 0 radical (unpaired) electrons. The van der Waals surface area contributed by atoms with E-state index in [2.05, 4.69) is 25.8 Å². The van der Waals surface area contributed by atoms with Crippen LogP contribution in [0.2, 0.25) is 0 Å². The van der Waals surface area contributed by atoms with Crippen molar-refractivity contribution >= 4 is 34.0 Å². The molecule has 34 heavy (non-hydrogen) atoms. The fourth-order valence-corrected chi connectivity index (χ4v) is 5.79. The number of nitrogens with zero attached hydrogens (tertiary/aromatic N) is 4. The first kappa shape index (κ1) is 22.8. The van der Waals surface area contributed by atoms with Gasteiger partial charge in [0.2, 0.25) is 11.8 Å². The number of aromatic nitrogens is 4. The highest BCUT2D eigenvalue weighted by atomic mass is 32.2. The fraction of sp³-hybridized carbons (Fsp3) is 0.333. The smallest absolute Gasteiger partial charge is 0.230 e. The molecule has 10 heteroatoms. The van der Waals surface area contributed by atoms with Gasteiger partial charge in [-0.05, 0) is 57.0 Å². The van der Waals surface area contributed by atoms with E-state index >= 15 is 0 Å². The summed E-state index contributed by atoms with van der Waals surface area (Å²) in [5.41, 5.74) is 0.963. The van der Waals surface area contributed by atoms with Gasteiger partial charge in [0, 0.05) is 23.4 Å². The van der Waals surface area contributed by atoms with Crippen LogP contribution in [-0.2, 0) is 0 Å². The lowest BCUT2D eigenvalue weighted by molar-refractivity contribution is 0.332. The molecule has 1 aromatic carbocycles. The number of nitrogens with one attached hydrogen (secondary N) is 2. The van der Waals surface area contributed by atoms with Crippen LogP contribution in [0.1, 0.15) is 35.6 Å². The highest BCUT2D eigenvalue weighted by Gasteiger charge is 2.30. The number of hydrogen-bond acceptors (Lipinski definition) is 10. The Morgan fingerprint density at radius 1 is 1.18 bits per heavy atom. The molecule has 2 N–H and O–H groups in total. The maximum absolute atomic E-state index is 6.24. The van der Waals surface area contributed by atoms with Crippen molar-refractivity contribution in [3.8, 4) is 11.5 Å². The molecule has 1 atom stereocenters. The van der Waals surface area contributed by atoms with Crippen LogP contribution in [-0.4, -0.2) is 33.3 Å². The molecule has 0 amide bonds. The molecule has 176 valence electrons. The number of rotatable bonds is 8. The van der Waals surface area contributed by atoms with Gasteiger partial charge in [0.15, 0.2) is 16.7 Å². The summed E-state index contributed by atoms with van der Waals surface area (Å²) in [5, 5.41) is 18.0. The molecule has 1 aliphatic heterocycles. The number of aryl methyl sites for hydroxylation is 2. The second-order valence-corrected chi connectivity index (χ2v) is 10.2. The molecule has 0 saturated carbocycles. The van der Waals surface area contributed by atoms with E-state index in [9.17, 15) is 0 Å². The predicted octanol–water partition coefficient (Wildman–Crippen LogP) is 5.91. The van der Waals surface area contributed by atoms with Crippen LogP contribution in [0.5, 0.6) is 11.5 Å². The number of thiazole rings is 1. The predicted molar refractivity (Wildman–Crippen MR) is 134 cm³/mol. The summed E-state index contributed by atoms with van der Waals surface area (Å²) < 4.78 is 12.1. The third-order valence-corrected chi connectivity index (χ3v) is 7.71. The van der Waals surface area contributed by atoms with Crippen LogP contribution in [0.4, 0.5) is 10.9 Å². The molecular formula is C24H26N6O2S2. The van der Waals surface area contributed by atoms with Crippen molar-refractivity contribution in [3.63, 3.8) is 0 Å². The van der Waals surface area contributed by atoms with Crippen molar-refractivity contribution in [1.29, 1.82) is 0 Å². The van der Waals surface area contributed by atoms with Gasteiger partial charge in [-0.25, -0.2) is 9.97 Å². The average molecular weight is 495 g/mol. The zero-order valence-corrected chi connectivity index (χ0v) is 20.7. The lowest BCUT2D eigenvalue weighted by Crippen LogP contribution is -2.30. The molecule has 4 aromatic rings. The molecule has 0 spiro atoms. The summed E-state index contributed by atoms with van der Waals surface area (Å²) in [6.45, 7) is 5.78. The van der Waals surface area contributed by atoms with E-state index in [1.165, 1.54) is 11.3 Å². The molecule has 1 aliphatic rings. The minimum absolute atomic E-state index is 0.0510. The number of para-hydroxylation sites is 1. The molecule has 4 heterocycles. The van der Waals surface area contributed by atoms with Crippen LogP contribution in [0, 0.1) is 19.8 Å². The highest BCUT2D eigenvalue weighted by molar-refractivity contribution is 7.99. The second-order valence-electron chi connectivity index (χ2n) is 8.14. The lowest BCUT2D eigenvalue weighted by Gasteiger charge is -2.28. The number of hydrogen-bond donors (Lipinski definition) is 2. The van der Waals surface area contributed by atoms with Gasteiger partial charge in [-0.2, -0.15) is 0 Å². The van der Waals surface area contributed by atoms with Gasteiger partial charge in [0.25, 0.3) is 0 Å². The Morgan fingerprint density at radius 3 is 2.71 bits per heavy atom. The Hall–Kier alpha value is -2.95. The molecule has 0 aliphatic carbocycles. The zero-order chi connectivity index (χ0) is 23.3. The number of pyridine rings is 1. The molecule has 0 bridgehead atoms. The molecule has 5 rings (SSSR count). The van der Waals surface area contributed by atoms with Gasteiger partial charge < -0.3 is 19.8 Å². The number of benzene rings is 1. The van der Waals surface area contributed by atoms with Crippen molar-refractivity contribution in [2.75, 3.05) is 18.4 Å². The summed E-state index contributed by atoms with van der Waals surface area (Å²) in [5.74, 6) is 3.68. The summed E-state index contributed by atoms with van der Waals surface area (Å²) in [6.07, 6.45) is 3.98. The third kappa shape index (κ3) is 5.57. The van der Waals surface area contributed by atoms with E-state index in [1.54, 1.807) is 11.8 Å². The second kappa shape index (κ2) is 10.5. The third-order valence-electron chi connectivity index (χ3n) is 5.50. The van der Waals surface area contributed by atoms with E-state index < -0.39 is 0 Å². The Morgan fingerprint density at radius 2 is 2.00 bits per heavy atom. The number of piperidine rings is 1. The van der Waals surface area contributed by atoms with E-state index in [1.807, 2.05) is 61.8 Å². The molecule has 1 fully saturated rings. The Balaban J connectivity index is 1.45. The minimum atomic E-state index is 0.0510. The van der Waals surface area contributed by atoms with Crippen LogP contribution in [0.3, 0.4) is 0 Å². The number of ether oxygens (including phenoxy) is 1. The number of thioether (sulfide) groups is 1. The topological polar surface area (TPSA) is 98.0 Å². The normalized spacial score (nSPS) is 15.2. The van der Waals surface area contributed by atoms with E-state index in [0.717, 1.165) is 47.4 Å². The van der Waals surface area contributed by atoms with Crippen molar-refractivity contribution in [2.24, 2.45) is 5.92 Å². The van der Waals surface area contributed by atoms with Crippen molar-refractivity contribution in [3.05, 3.63) is 65.5 Å². The van der Waals surface area contributed by atoms with Gasteiger partial charge >= 0.3 is 0 Å². The first-order valence-corrected chi connectivity index (χ1v) is 13.0. The SMILES string of the molecule is Cc1csc(Nc2ncc(SC(c3nnc(C)o3)C3CCNCC3)cc2Oc2ccccc2)n1. The van der Waals surface area contributed by atoms with Gasteiger partial charge in [-0.15, -0.1) is 33.3 Å².